The van der Waals surface area contributed by atoms with Gasteiger partial charge in [-0.15, -0.1) is 0 Å². The number of carbonyl (C=O) groups excluding carboxylic acids is 1. The zero-order valence-electron chi connectivity index (χ0n) is 17.2. The zero-order valence-corrected chi connectivity index (χ0v) is 17.2. The van der Waals surface area contributed by atoms with Crippen molar-refractivity contribution in [2.24, 2.45) is 0 Å². The molecule has 0 saturated carbocycles. The van der Waals surface area contributed by atoms with E-state index in [0.29, 0.717) is 17.8 Å². The van der Waals surface area contributed by atoms with E-state index in [9.17, 15) is 9.90 Å². The minimum Gasteiger partial charge on any atom is -0.391 e. The van der Waals surface area contributed by atoms with Gasteiger partial charge in [-0.25, -0.2) is 14.8 Å². The summed E-state index contributed by atoms with van der Waals surface area (Å²) in [6, 6.07) is 23.6. The summed E-state index contributed by atoms with van der Waals surface area (Å²) in [5.41, 5.74) is 5.09. The number of rotatable bonds is 6. The van der Waals surface area contributed by atoms with Crippen molar-refractivity contribution >= 4 is 22.8 Å². The Morgan fingerprint density at radius 1 is 1.00 bits per heavy atom. The van der Waals surface area contributed by atoms with Crippen LogP contribution in [0.4, 0.5) is 10.5 Å². The lowest BCUT2D eigenvalue weighted by atomic mass is 9.98. The van der Waals surface area contributed by atoms with Crippen LogP contribution in [0.3, 0.4) is 0 Å². The average molecular weight is 412 g/mol. The number of anilines is 1. The minimum atomic E-state index is -0.561. The summed E-state index contributed by atoms with van der Waals surface area (Å²) in [4.78, 5) is 21.4. The van der Waals surface area contributed by atoms with E-state index in [1.807, 2.05) is 61.5 Å². The number of fused-ring (bicyclic) bond motifs is 1. The molecule has 0 radical (unpaired) electrons. The van der Waals surface area contributed by atoms with Crippen molar-refractivity contribution in [2.75, 3.05) is 11.9 Å². The van der Waals surface area contributed by atoms with Crippen LogP contribution >= 0.6 is 0 Å². The molecule has 0 saturated heterocycles. The number of carbonyl (C=O) groups is 1. The summed E-state index contributed by atoms with van der Waals surface area (Å²) >= 11 is 0. The van der Waals surface area contributed by atoms with Crippen molar-refractivity contribution in [1.82, 2.24) is 15.3 Å². The molecule has 0 aliphatic carbocycles. The third-order valence-electron chi connectivity index (χ3n) is 5.03. The van der Waals surface area contributed by atoms with E-state index in [1.54, 1.807) is 6.20 Å². The summed E-state index contributed by atoms with van der Waals surface area (Å²) in [5, 5.41) is 15.9. The Bertz CT molecular complexity index is 1180. The molecule has 0 bridgehead atoms. The molecule has 2 aromatic carbocycles. The van der Waals surface area contributed by atoms with Gasteiger partial charge < -0.3 is 15.7 Å². The fourth-order valence-corrected chi connectivity index (χ4v) is 3.32. The zero-order chi connectivity index (χ0) is 21.6. The molecule has 2 amide bonds. The molecule has 1 atom stereocenters. The molecular formula is C25H24N4O2. The van der Waals surface area contributed by atoms with Gasteiger partial charge in [-0.1, -0.05) is 67.6 Å². The highest BCUT2D eigenvalue weighted by Crippen LogP contribution is 2.33. The largest absolute Gasteiger partial charge is 0.391 e. The maximum atomic E-state index is 12.1. The molecule has 0 aliphatic rings. The number of benzene rings is 2. The molecule has 0 fully saturated rings. The SMILES string of the molecule is CC[C@@H](O)CNC(=O)Nc1cnc2nc(-c3ccccc3)c(-c3ccccc3)cc2c1. The van der Waals surface area contributed by atoms with Gasteiger partial charge in [0.1, 0.15) is 0 Å². The Kier molecular flexibility index (Phi) is 6.19. The molecule has 3 N–H and O–H groups in total. The summed E-state index contributed by atoms with van der Waals surface area (Å²) in [6.07, 6.45) is 1.60. The van der Waals surface area contributed by atoms with Crippen LogP contribution < -0.4 is 10.6 Å². The Morgan fingerprint density at radius 3 is 2.35 bits per heavy atom. The van der Waals surface area contributed by atoms with Crippen molar-refractivity contribution < 1.29 is 9.90 Å². The van der Waals surface area contributed by atoms with Gasteiger partial charge in [0.2, 0.25) is 0 Å². The van der Waals surface area contributed by atoms with Crippen molar-refractivity contribution in [3.8, 4) is 22.4 Å². The van der Waals surface area contributed by atoms with E-state index < -0.39 is 6.10 Å². The molecule has 4 rings (SSSR count). The lowest BCUT2D eigenvalue weighted by Gasteiger charge is -2.13. The maximum absolute atomic E-state index is 12.1. The number of hydrogen-bond acceptors (Lipinski definition) is 4. The van der Waals surface area contributed by atoms with Crippen molar-refractivity contribution in [3.63, 3.8) is 0 Å². The van der Waals surface area contributed by atoms with Crippen molar-refractivity contribution in [3.05, 3.63) is 79.0 Å². The predicted octanol–water partition coefficient (Wildman–Crippen LogP) is 4.86. The first-order valence-electron chi connectivity index (χ1n) is 10.3. The number of nitrogens with zero attached hydrogens (tertiary/aromatic N) is 2. The van der Waals surface area contributed by atoms with Gasteiger partial charge in [-0.2, -0.15) is 0 Å². The highest BCUT2D eigenvalue weighted by atomic mass is 16.3. The number of aliphatic hydroxyl groups excluding tert-OH is 1. The van der Waals surface area contributed by atoms with E-state index in [4.69, 9.17) is 4.98 Å². The Labute approximate surface area is 181 Å². The van der Waals surface area contributed by atoms with Crippen LogP contribution in [0, 0.1) is 0 Å². The van der Waals surface area contributed by atoms with Crippen LogP contribution in [0.1, 0.15) is 13.3 Å². The number of nitrogens with one attached hydrogen (secondary N) is 2. The lowest BCUT2D eigenvalue weighted by molar-refractivity contribution is 0.168. The fraction of sp³-hybridized carbons (Fsp3) is 0.160. The monoisotopic (exact) mass is 412 g/mol. The van der Waals surface area contributed by atoms with Gasteiger partial charge in [0.25, 0.3) is 0 Å². The second kappa shape index (κ2) is 9.36. The van der Waals surface area contributed by atoms with Crippen molar-refractivity contribution in [2.45, 2.75) is 19.4 Å². The Hall–Kier alpha value is -3.77. The Balaban J connectivity index is 1.70. The lowest BCUT2D eigenvalue weighted by Crippen LogP contribution is -2.35. The van der Waals surface area contributed by atoms with Gasteiger partial charge in [-0.3, -0.25) is 0 Å². The molecule has 6 heteroatoms. The summed E-state index contributed by atoms with van der Waals surface area (Å²) in [6.45, 7) is 2.06. The van der Waals surface area contributed by atoms with E-state index in [1.165, 1.54) is 0 Å². The number of urea groups is 1. The molecule has 156 valence electrons. The van der Waals surface area contributed by atoms with E-state index in [2.05, 4.69) is 33.8 Å². The molecule has 6 nitrogen and oxygen atoms in total. The van der Waals surface area contributed by atoms with Gasteiger partial charge in [0.05, 0.1) is 23.7 Å². The summed E-state index contributed by atoms with van der Waals surface area (Å²) in [5.74, 6) is 0. The average Bonchev–Trinajstić information content (AvgIpc) is 2.82. The van der Waals surface area contributed by atoms with E-state index >= 15 is 0 Å². The fourth-order valence-electron chi connectivity index (χ4n) is 3.32. The number of aromatic nitrogens is 2. The third kappa shape index (κ3) is 4.87. The first kappa shape index (κ1) is 20.5. The number of pyridine rings is 2. The second-order valence-corrected chi connectivity index (χ2v) is 7.28. The maximum Gasteiger partial charge on any atom is 0.319 e. The number of aliphatic hydroxyl groups is 1. The molecule has 0 aliphatic heterocycles. The van der Waals surface area contributed by atoms with Crippen LogP contribution in [0.2, 0.25) is 0 Å². The quantitative estimate of drug-likeness (QED) is 0.422. The molecule has 0 unspecified atom stereocenters. The van der Waals surface area contributed by atoms with Crippen LogP contribution in [-0.4, -0.2) is 33.8 Å². The van der Waals surface area contributed by atoms with Crippen LogP contribution in [-0.2, 0) is 0 Å². The highest BCUT2D eigenvalue weighted by Gasteiger charge is 2.13. The summed E-state index contributed by atoms with van der Waals surface area (Å²) in [7, 11) is 0. The molecule has 2 heterocycles. The molecule has 2 aromatic heterocycles. The van der Waals surface area contributed by atoms with Gasteiger partial charge in [0, 0.05) is 23.1 Å². The highest BCUT2D eigenvalue weighted by molar-refractivity contribution is 5.94. The van der Waals surface area contributed by atoms with Gasteiger partial charge >= 0.3 is 6.03 Å². The first-order valence-corrected chi connectivity index (χ1v) is 10.3. The van der Waals surface area contributed by atoms with Crippen LogP contribution in [0.25, 0.3) is 33.4 Å². The third-order valence-corrected chi connectivity index (χ3v) is 5.03. The van der Waals surface area contributed by atoms with E-state index in [-0.39, 0.29) is 12.6 Å². The van der Waals surface area contributed by atoms with Crippen LogP contribution in [0.5, 0.6) is 0 Å². The molecule has 0 spiro atoms. The topological polar surface area (TPSA) is 87.1 Å². The van der Waals surface area contributed by atoms with Gasteiger partial charge in [-0.05, 0) is 24.1 Å². The molecule has 31 heavy (non-hydrogen) atoms. The molecule has 4 aromatic rings. The normalized spacial score (nSPS) is 11.8. The number of amides is 2. The number of hydrogen-bond donors (Lipinski definition) is 3. The second-order valence-electron chi connectivity index (χ2n) is 7.28. The predicted molar refractivity (Wildman–Crippen MR) is 124 cm³/mol. The first-order chi connectivity index (χ1) is 15.1. The summed E-state index contributed by atoms with van der Waals surface area (Å²) < 4.78 is 0. The minimum absolute atomic E-state index is 0.198. The van der Waals surface area contributed by atoms with Crippen LogP contribution in [0.15, 0.2) is 79.0 Å². The Morgan fingerprint density at radius 2 is 1.68 bits per heavy atom. The van der Waals surface area contributed by atoms with Gasteiger partial charge in [0.15, 0.2) is 5.65 Å². The molecular weight excluding hydrogens is 388 g/mol. The van der Waals surface area contributed by atoms with E-state index in [0.717, 1.165) is 27.8 Å². The smallest absolute Gasteiger partial charge is 0.319 e. The standard InChI is InChI=1S/C25H24N4O2/c1-2-21(30)16-27-25(31)28-20-13-19-14-22(17-9-5-3-6-10-17)23(29-24(19)26-15-20)18-11-7-4-8-12-18/h3-15,21,30H,2,16H2,1H3,(H2,27,28,31)/t21-/m1/s1. The van der Waals surface area contributed by atoms with Crippen molar-refractivity contribution in [1.29, 1.82) is 0 Å².